The quantitative estimate of drug-likeness (QED) is 0.390. The maximum absolute atomic E-state index is 10.4. The molecule has 0 spiro atoms. The number of rotatable bonds is 14. The summed E-state index contributed by atoms with van der Waals surface area (Å²) in [6.45, 7) is 3.96. The van der Waals surface area contributed by atoms with Gasteiger partial charge in [0, 0.05) is 36.1 Å². The number of hydrogen-bond donors (Lipinski definition) is 1. The largest absolute Gasteiger partial charge is 0.481 e. The van der Waals surface area contributed by atoms with Crippen molar-refractivity contribution >= 4 is 35.5 Å². The minimum absolute atomic E-state index is 0. The van der Waals surface area contributed by atoms with Crippen molar-refractivity contribution in [3.8, 4) is 0 Å². The molecule has 0 bridgehead atoms. The molecule has 0 aliphatic heterocycles. The van der Waals surface area contributed by atoms with Gasteiger partial charge in [-0.1, -0.05) is 64.7 Å². The first-order valence-electron chi connectivity index (χ1n) is 8.07. The van der Waals surface area contributed by atoms with Crippen molar-refractivity contribution in [2.24, 2.45) is 0 Å². The van der Waals surface area contributed by atoms with Crippen LogP contribution >= 0.6 is 0 Å². The molecule has 0 saturated carbocycles. The Labute approximate surface area is 147 Å². The molecule has 0 aromatic heterocycles. The zero-order chi connectivity index (χ0) is 14.3. The van der Waals surface area contributed by atoms with Crippen LogP contribution in [0.5, 0.6) is 0 Å². The molecule has 0 aliphatic rings. The van der Waals surface area contributed by atoms with Gasteiger partial charge in [0.15, 0.2) is 0 Å². The number of carboxylic acid groups (broad SMARTS) is 1. The topological polar surface area (TPSA) is 40.5 Å². The Morgan fingerprint density at radius 1 is 0.850 bits per heavy atom. The van der Waals surface area contributed by atoms with Gasteiger partial charge >= 0.3 is 5.97 Å². The van der Waals surface area contributed by atoms with E-state index in [0.29, 0.717) is 6.54 Å². The molecule has 115 valence electrons. The molecule has 0 aromatic carbocycles. The van der Waals surface area contributed by atoms with Gasteiger partial charge in [-0.3, -0.25) is 4.79 Å². The maximum atomic E-state index is 10.4. The smallest absolute Gasteiger partial charge is 0.304 e. The van der Waals surface area contributed by atoms with Crippen LogP contribution in [0.15, 0.2) is 0 Å². The molecule has 1 radical (unpaired) electrons. The standard InChI is InChI=1S/C16H33NO2.Na/c1-3-4-5-6-7-8-9-10-11-12-14-17(2)15-13-16(18)19;/h3-15H2,1-2H3,(H,18,19);. The summed E-state index contributed by atoms with van der Waals surface area (Å²) in [6.07, 6.45) is 13.8. The molecule has 0 saturated heterocycles. The zero-order valence-electron chi connectivity index (χ0n) is 14.0. The van der Waals surface area contributed by atoms with Crippen LogP contribution in [0.1, 0.15) is 77.6 Å². The number of carbonyl (C=O) groups is 1. The maximum Gasteiger partial charge on any atom is 0.304 e. The first-order valence-corrected chi connectivity index (χ1v) is 8.07. The van der Waals surface area contributed by atoms with Crippen LogP contribution in [0.3, 0.4) is 0 Å². The molecule has 1 N–H and O–H groups in total. The molecule has 0 aliphatic carbocycles. The van der Waals surface area contributed by atoms with Gasteiger partial charge in [0.1, 0.15) is 0 Å². The van der Waals surface area contributed by atoms with Crippen LogP contribution in [0.4, 0.5) is 0 Å². The molecule has 20 heavy (non-hydrogen) atoms. The molecule has 0 heterocycles. The summed E-state index contributed by atoms with van der Waals surface area (Å²) >= 11 is 0. The summed E-state index contributed by atoms with van der Waals surface area (Å²) in [5.74, 6) is -0.699. The third kappa shape index (κ3) is 18.4. The molecule has 0 rings (SSSR count). The first kappa shape index (κ1) is 22.7. The normalized spacial score (nSPS) is 10.6. The number of unbranched alkanes of at least 4 members (excludes halogenated alkanes) is 9. The van der Waals surface area contributed by atoms with E-state index in [2.05, 4.69) is 11.8 Å². The molecular formula is C16H33NNaO2. The number of hydrogen-bond acceptors (Lipinski definition) is 2. The van der Waals surface area contributed by atoms with Crippen molar-refractivity contribution in [1.82, 2.24) is 4.90 Å². The Morgan fingerprint density at radius 3 is 1.75 bits per heavy atom. The van der Waals surface area contributed by atoms with E-state index in [9.17, 15) is 4.79 Å². The SMILES string of the molecule is CCCCCCCCCCCCN(C)CCC(=O)O.[Na]. The molecule has 3 nitrogen and oxygen atoms in total. The Balaban J connectivity index is 0. The van der Waals surface area contributed by atoms with E-state index in [1.807, 2.05) is 7.05 Å². The molecule has 0 amide bonds. The van der Waals surface area contributed by atoms with Crippen LogP contribution in [0.25, 0.3) is 0 Å². The van der Waals surface area contributed by atoms with Crippen molar-refractivity contribution in [3.05, 3.63) is 0 Å². The summed E-state index contributed by atoms with van der Waals surface area (Å²) in [4.78, 5) is 12.5. The van der Waals surface area contributed by atoms with E-state index in [-0.39, 0.29) is 36.0 Å². The number of nitrogens with zero attached hydrogens (tertiary/aromatic N) is 1. The summed E-state index contributed by atoms with van der Waals surface area (Å²) in [6, 6.07) is 0. The summed E-state index contributed by atoms with van der Waals surface area (Å²) in [5.41, 5.74) is 0. The second-order valence-electron chi connectivity index (χ2n) is 5.63. The van der Waals surface area contributed by atoms with E-state index in [1.165, 1.54) is 64.2 Å². The van der Waals surface area contributed by atoms with Crippen LogP contribution in [0, 0.1) is 0 Å². The average Bonchev–Trinajstić information content (AvgIpc) is 2.38. The van der Waals surface area contributed by atoms with Gasteiger partial charge in [-0.05, 0) is 20.0 Å². The van der Waals surface area contributed by atoms with Crippen molar-refractivity contribution in [2.75, 3.05) is 20.1 Å². The van der Waals surface area contributed by atoms with Crippen molar-refractivity contribution in [2.45, 2.75) is 77.6 Å². The van der Waals surface area contributed by atoms with Crippen LogP contribution < -0.4 is 0 Å². The fraction of sp³-hybridized carbons (Fsp3) is 0.938. The number of aliphatic carboxylic acids is 1. The van der Waals surface area contributed by atoms with E-state index < -0.39 is 5.97 Å². The fourth-order valence-corrected chi connectivity index (χ4v) is 2.27. The third-order valence-corrected chi connectivity index (χ3v) is 3.60. The van der Waals surface area contributed by atoms with Gasteiger partial charge in [-0.2, -0.15) is 0 Å². The monoisotopic (exact) mass is 294 g/mol. The van der Waals surface area contributed by atoms with Gasteiger partial charge in [-0.25, -0.2) is 0 Å². The Bertz CT molecular complexity index is 213. The van der Waals surface area contributed by atoms with Crippen molar-refractivity contribution in [1.29, 1.82) is 0 Å². The zero-order valence-corrected chi connectivity index (χ0v) is 16.0. The molecular weight excluding hydrogens is 261 g/mol. The van der Waals surface area contributed by atoms with Crippen LogP contribution in [0.2, 0.25) is 0 Å². The van der Waals surface area contributed by atoms with Crippen molar-refractivity contribution in [3.63, 3.8) is 0 Å². The average molecular weight is 294 g/mol. The fourth-order valence-electron chi connectivity index (χ4n) is 2.27. The van der Waals surface area contributed by atoms with Gasteiger partial charge in [0.2, 0.25) is 0 Å². The van der Waals surface area contributed by atoms with Crippen LogP contribution in [-0.2, 0) is 4.79 Å². The molecule has 0 fully saturated rings. The van der Waals surface area contributed by atoms with Gasteiger partial charge < -0.3 is 10.0 Å². The summed E-state index contributed by atoms with van der Waals surface area (Å²) < 4.78 is 0. The van der Waals surface area contributed by atoms with Gasteiger partial charge in [0.25, 0.3) is 0 Å². The van der Waals surface area contributed by atoms with E-state index in [4.69, 9.17) is 5.11 Å². The Hall–Kier alpha value is 0.430. The molecule has 0 atom stereocenters. The van der Waals surface area contributed by atoms with Crippen LogP contribution in [-0.4, -0.2) is 65.7 Å². The molecule has 4 heteroatoms. The van der Waals surface area contributed by atoms with Gasteiger partial charge in [0.05, 0.1) is 6.42 Å². The van der Waals surface area contributed by atoms with E-state index in [0.717, 1.165) is 6.54 Å². The molecule has 0 aromatic rings. The van der Waals surface area contributed by atoms with E-state index >= 15 is 0 Å². The predicted octanol–water partition coefficient (Wildman–Crippen LogP) is 3.93. The summed E-state index contributed by atoms with van der Waals surface area (Å²) in [5, 5.41) is 8.58. The second-order valence-corrected chi connectivity index (χ2v) is 5.63. The second kappa shape index (κ2) is 17.5. The summed E-state index contributed by atoms with van der Waals surface area (Å²) in [7, 11) is 2.01. The third-order valence-electron chi connectivity index (χ3n) is 3.60. The minimum Gasteiger partial charge on any atom is -0.481 e. The van der Waals surface area contributed by atoms with Crippen molar-refractivity contribution < 1.29 is 9.90 Å². The van der Waals surface area contributed by atoms with E-state index in [1.54, 1.807) is 0 Å². The molecule has 0 unspecified atom stereocenters. The minimum atomic E-state index is -0.699. The first-order chi connectivity index (χ1) is 9.16. The van der Waals surface area contributed by atoms with Gasteiger partial charge in [-0.15, -0.1) is 0 Å². The number of carboxylic acids is 1. The Kier molecular flexibility index (Phi) is 19.8. The predicted molar refractivity (Wildman–Crippen MR) is 87.3 cm³/mol. The Morgan fingerprint density at radius 2 is 1.30 bits per heavy atom.